The molecule has 1 fully saturated rings. The van der Waals surface area contributed by atoms with E-state index in [4.69, 9.17) is 14.9 Å². The van der Waals surface area contributed by atoms with Crippen LogP contribution < -0.4 is 0 Å². The van der Waals surface area contributed by atoms with Crippen LogP contribution in [0.2, 0.25) is 0 Å². The van der Waals surface area contributed by atoms with Gasteiger partial charge in [-0.15, -0.1) is 20.2 Å². The lowest BCUT2D eigenvalue weighted by atomic mass is 10.3. The second-order valence-corrected chi connectivity index (χ2v) is 4.15. The van der Waals surface area contributed by atoms with Gasteiger partial charge in [0.25, 0.3) is 10.2 Å². The van der Waals surface area contributed by atoms with E-state index in [-0.39, 0.29) is 32.5 Å². The molecular weight excluding hydrogens is 308 g/mol. The first-order valence-corrected chi connectivity index (χ1v) is 6.48. The van der Waals surface area contributed by atoms with Crippen molar-refractivity contribution in [3.8, 4) is 0 Å². The predicted octanol–water partition coefficient (Wildman–Crippen LogP) is -1.06. The van der Waals surface area contributed by atoms with Gasteiger partial charge in [-0.3, -0.25) is 0 Å². The maximum absolute atomic E-state index is 9.72. The molecular formula is C10H20N2O10. The van der Waals surface area contributed by atoms with E-state index in [0.29, 0.717) is 26.1 Å². The Morgan fingerprint density at radius 3 is 2.32 bits per heavy atom. The van der Waals surface area contributed by atoms with E-state index in [1.807, 2.05) is 0 Å². The molecule has 0 amide bonds. The molecule has 0 saturated carbocycles. The largest absolute Gasteiger partial charge is 0.396 e. The van der Waals surface area contributed by atoms with Crippen LogP contribution in [0.15, 0.2) is 0 Å². The molecule has 22 heavy (non-hydrogen) atoms. The minimum atomic E-state index is -0.991. The second kappa shape index (κ2) is 12.9. The lowest BCUT2D eigenvalue weighted by Crippen LogP contribution is -2.23. The average molecular weight is 328 g/mol. The Labute approximate surface area is 125 Å². The van der Waals surface area contributed by atoms with E-state index in [1.54, 1.807) is 0 Å². The highest BCUT2D eigenvalue weighted by molar-refractivity contribution is 4.65. The summed E-state index contributed by atoms with van der Waals surface area (Å²) in [6.07, 6.45) is 0.316. The summed E-state index contributed by atoms with van der Waals surface area (Å²) in [5.41, 5.74) is 0. The van der Waals surface area contributed by atoms with Gasteiger partial charge in [-0.05, 0) is 12.8 Å². The molecule has 1 saturated heterocycles. The Balaban J connectivity index is 0.000000461. The summed E-state index contributed by atoms with van der Waals surface area (Å²) in [5.74, 6) is 0. The highest BCUT2D eigenvalue weighted by Gasteiger charge is 2.23. The van der Waals surface area contributed by atoms with Crippen LogP contribution >= 0.6 is 0 Å². The predicted molar refractivity (Wildman–Crippen MR) is 68.8 cm³/mol. The number of nitrogens with zero attached hydrogens (tertiary/aromatic N) is 2. The number of unbranched alkanes of at least 4 members (excludes halogenated alkanes) is 1. The number of aliphatic hydroxyl groups excluding tert-OH is 2. The fourth-order valence-corrected chi connectivity index (χ4v) is 1.04. The molecule has 0 radical (unpaired) electrons. The van der Waals surface area contributed by atoms with E-state index in [0.717, 1.165) is 0 Å². The highest BCUT2D eigenvalue weighted by Crippen LogP contribution is 2.07. The topological polar surface area (TPSA) is 167 Å². The molecule has 0 spiro atoms. The third-order valence-corrected chi connectivity index (χ3v) is 2.15. The van der Waals surface area contributed by atoms with Crippen LogP contribution in [0.3, 0.4) is 0 Å². The van der Waals surface area contributed by atoms with Gasteiger partial charge >= 0.3 is 0 Å². The molecule has 0 aromatic heterocycles. The molecule has 130 valence electrons. The molecule has 1 rings (SSSR count). The first kappa shape index (κ1) is 20.2. The SMILES string of the molecule is O=[N+]([O-])OCC(O)COCCCCO.O=[N+]([O-])OCC1CO1. The van der Waals surface area contributed by atoms with E-state index >= 15 is 0 Å². The van der Waals surface area contributed by atoms with Gasteiger partial charge in [0, 0.05) is 13.2 Å². The Morgan fingerprint density at radius 2 is 1.82 bits per heavy atom. The van der Waals surface area contributed by atoms with E-state index < -0.39 is 16.3 Å². The molecule has 12 nitrogen and oxygen atoms in total. The second-order valence-electron chi connectivity index (χ2n) is 4.15. The quantitative estimate of drug-likeness (QED) is 0.195. The van der Waals surface area contributed by atoms with Gasteiger partial charge in [-0.2, -0.15) is 0 Å². The zero-order valence-corrected chi connectivity index (χ0v) is 11.9. The number of aliphatic hydroxyl groups is 2. The Kier molecular flexibility index (Phi) is 11.9. The maximum atomic E-state index is 9.72. The van der Waals surface area contributed by atoms with Gasteiger partial charge < -0.3 is 29.4 Å². The van der Waals surface area contributed by atoms with Gasteiger partial charge in [0.05, 0.1) is 13.2 Å². The molecule has 2 atom stereocenters. The first-order chi connectivity index (χ1) is 10.5. The number of rotatable bonds is 12. The summed E-state index contributed by atoms with van der Waals surface area (Å²) in [5, 5.41) is 34.9. The van der Waals surface area contributed by atoms with E-state index in [1.165, 1.54) is 0 Å². The van der Waals surface area contributed by atoms with Crippen molar-refractivity contribution in [3.63, 3.8) is 0 Å². The van der Waals surface area contributed by atoms with Crippen molar-refractivity contribution in [2.75, 3.05) is 39.6 Å². The fourth-order valence-electron chi connectivity index (χ4n) is 1.04. The van der Waals surface area contributed by atoms with Crippen LogP contribution in [0.1, 0.15) is 12.8 Å². The molecule has 1 heterocycles. The van der Waals surface area contributed by atoms with E-state index in [2.05, 4.69) is 14.4 Å². The van der Waals surface area contributed by atoms with Gasteiger partial charge in [0.1, 0.15) is 25.4 Å². The van der Waals surface area contributed by atoms with Gasteiger partial charge in [-0.25, -0.2) is 0 Å². The minimum Gasteiger partial charge on any atom is -0.396 e. The van der Waals surface area contributed by atoms with Crippen molar-refractivity contribution in [1.29, 1.82) is 0 Å². The Morgan fingerprint density at radius 1 is 1.18 bits per heavy atom. The van der Waals surface area contributed by atoms with Crippen molar-refractivity contribution < 1.29 is 39.5 Å². The average Bonchev–Trinajstić information content (AvgIpc) is 3.27. The lowest BCUT2D eigenvalue weighted by molar-refractivity contribution is -0.759. The van der Waals surface area contributed by atoms with Crippen LogP contribution in [-0.2, 0) is 19.1 Å². The molecule has 0 aromatic rings. The molecule has 2 N–H and O–H groups in total. The Hall–Kier alpha value is -1.76. The summed E-state index contributed by atoms with van der Waals surface area (Å²) in [6.45, 7) is 0.805. The zero-order chi connectivity index (χ0) is 16.8. The maximum Gasteiger partial charge on any atom is 0.294 e. The molecule has 1 aliphatic heterocycles. The molecule has 0 aliphatic carbocycles. The number of hydrogen-bond acceptors (Lipinski definition) is 10. The van der Waals surface area contributed by atoms with Crippen molar-refractivity contribution in [3.05, 3.63) is 20.2 Å². The van der Waals surface area contributed by atoms with Crippen LogP contribution in [0, 0.1) is 20.2 Å². The summed E-state index contributed by atoms with van der Waals surface area (Å²) in [7, 11) is 0. The number of ether oxygens (including phenoxy) is 2. The highest BCUT2D eigenvalue weighted by atomic mass is 17.0. The van der Waals surface area contributed by atoms with Crippen molar-refractivity contribution in [2.24, 2.45) is 0 Å². The number of epoxide rings is 1. The number of hydrogen-bond donors (Lipinski definition) is 2. The molecule has 1 aliphatic rings. The summed E-state index contributed by atoms with van der Waals surface area (Å²) in [4.78, 5) is 27.1. The van der Waals surface area contributed by atoms with Crippen molar-refractivity contribution >= 4 is 0 Å². The summed E-state index contributed by atoms with van der Waals surface area (Å²) < 4.78 is 9.60. The van der Waals surface area contributed by atoms with Gasteiger partial charge in [0.2, 0.25) is 0 Å². The van der Waals surface area contributed by atoms with Crippen LogP contribution in [-0.4, -0.2) is 72.2 Å². The van der Waals surface area contributed by atoms with Crippen LogP contribution in [0.4, 0.5) is 0 Å². The van der Waals surface area contributed by atoms with Crippen molar-refractivity contribution in [1.82, 2.24) is 0 Å². The Bertz CT molecular complexity index is 312. The molecule has 12 heteroatoms. The first-order valence-electron chi connectivity index (χ1n) is 6.48. The third kappa shape index (κ3) is 16.3. The molecule has 0 bridgehead atoms. The third-order valence-electron chi connectivity index (χ3n) is 2.15. The van der Waals surface area contributed by atoms with E-state index in [9.17, 15) is 20.2 Å². The normalized spacial score (nSPS) is 16.9. The standard InChI is InChI=1S/C7H15NO6.C3H5NO4/c9-3-1-2-4-13-5-7(10)6-14-8(11)12;5-4(6)8-2-3-1-7-3/h7,9-10H,1-6H2;3H,1-2H2. The minimum absolute atomic E-state index is 0.000726. The molecule has 2 unspecified atom stereocenters. The monoisotopic (exact) mass is 328 g/mol. The lowest BCUT2D eigenvalue weighted by Gasteiger charge is -2.09. The summed E-state index contributed by atoms with van der Waals surface area (Å²) >= 11 is 0. The van der Waals surface area contributed by atoms with Crippen LogP contribution in [0.5, 0.6) is 0 Å². The van der Waals surface area contributed by atoms with Crippen LogP contribution in [0.25, 0.3) is 0 Å². The molecule has 0 aromatic carbocycles. The van der Waals surface area contributed by atoms with Crippen molar-refractivity contribution in [2.45, 2.75) is 25.0 Å². The fraction of sp³-hybridized carbons (Fsp3) is 1.00. The zero-order valence-electron chi connectivity index (χ0n) is 11.9. The summed E-state index contributed by atoms with van der Waals surface area (Å²) in [6, 6.07) is 0. The smallest absolute Gasteiger partial charge is 0.294 e. The van der Waals surface area contributed by atoms with Gasteiger partial charge in [-0.1, -0.05) is 0 Å². The van der Waals surface area contributed by atoms with Gasteiger partial charge in [0.15, 0.2) is 0 Å².